The van der Waals surface area contributed by atoms with Gasteiger partial charge in [-0.25, -0.2) is 0 Å². The van der Waals surface area contributed by atoms with Gasteiger partial charge in [0.2, 0.25) is 0 Å². The maximum absolute atomic E-state index is 12.3. The Balaban J connectivity index is 2.21. The van der Waals surface area contributed by atoms with Crippen molar-refractivity contribution in [1.82, 2.24) is 0 Å². The van der Waals surface area contributed by atoms with Crippen molar-refractivity contribution in [2.45, 2.75) is 32.5 Å². The van der Waals surface area contributed by atoms with Crippen molar-refractivity contribution in [3.63, 3.8) is 0 Å². The van der Waals surface area contributed by atoms with Gasteiger partial charge in [0.1, 0.15) is 5.92 Å². The Morgan fingerprint density at radius 2 is 2.13 bits per heavy atom. The van der Waals surface area contributed by atoms with Gasteiger partial charge in [0.05, 0.1) is 25.6 Å². The number of allylic oxidation sites excluding steroid dienone is 1. The normalized spacial score (nSPS) is 25.7. The highest BCUT2D eigenvalue weighted by molar-refractivity contribution is 4.87. The number of rotatable bonds is 4. The zero-order chi connectivity index (χ0) is 11.5. The van der Waals surface area contributed by atoms with Crippen LogP contribution < -0.4 is 0 Å². The summed E-state index contributed by atoms with van der Waals surface area (Å²) in [5.74, 6) is -1.31. The van der Waals surface area contributed by atoms with Gasteiger partial charge in [-0.15, -0.1) is 0 Å². The average molecular weight is 224 g/mol. The molecule has 1 rings (SSSR count). The van der Waals surface area contributed by atoms with Crippen LogP contribution in [0.2, 0.25) is 0 Å². The molecule has 0 aliphatic carbocycles. The highest BCUT2D eigenvalue weighted by Gasteiger charge is 2.50. The largest absolute Gasteiger partial charge is 0.501 e. The second-order valence-corrected chi connectivity index (χ2v) is 3.87. The topological polar surface area (TPSA) is 18.5 Å². The Morgan fingerprint density at radius 1 is 1.47 bits per heavy atom. The average Bonchev–Trinajstić information content (AvgIpc) is 1.97. The maximum Gasteiger partial charge on any atom is 0.396 e. The van der Waals surface area contributed by atoms with Crippen molar-refractivity contribution < 1.29 is 22.6 Å². The number of hydrogen-bond acceptors (Lipinski definition) is 2. The van der Waals surface area contributed by atoms with Crippen LogP contribution in [0.5, 0.6) is 0 Å². The van der Waals surface area contributed by atoms with E-state index in [9.17, 15) is 13.2 Å². The zero-order valence-electron chi connectivity index (χ0n) is 8.80. The minimum Gasteiger partial charge on any atom is -0.501 e. The van der Waals surface area contributed by atoms with Crippen molar-refractivity contribution in [2.75, 3.05) is 13.2 Å². The molecule has 2 unspecified atom stereocenters. The van der Waals surface area contributed by atoms with Crippen molar-refractivity contribution in [1.29, 1.82) is 0 Å². The first-order valence-corrected chi connectivity index (χ1v) is 4.84. The van der Waals surface area contributed by atoms with Crippen molar-refractivity contribution in [2.24, 2.45) is 5.92 Å². The fourth-order valence-corrected chi connectivity index (χ4v) is 1.33. The summed E-state index contributed by atoms with van der Waals surface area (Å²) in [5, 5.41) is 0. The molecule has 1 heterocycles. The van der Waals surface area contributed by atoms with Crippen LogP contribution in [0.15, 0.2) is 11.8 Å². The first-order chi connectivity index (χ1) is 6.91. The van der Waals surface area contributed by atoms with Crippen molar-refractivity contribution >= 4 is 0 Å². The molecule has 1 fully saturated rings. The van der Waals surface area contributed by atoms with Crippen LogP contribution in [0.4, 0.5) is 13.2 Å². The van der Waals surface area contributed by atoms with E-state index < -0.39 is 18.2 Å². The highest BCUT2D eigenvalue weighted by Crippen LogP contribution is 2.37. The predicted octanol–water partition coefficient (Wildman–Crippen LogP) is 2.89. The molecule has 0 amide bonds. The number of alkyl halides is 3. The van der Waals surface area contributed by atoms with E-state index in [0.29, 0.717) is 0 Å². The number of ether oxygens (including phenoxy) is 2. The molecule has 2 atom stereocenters. The molecule has 1 saturated heterocycles. The SMILES string of the molecule is CC(C)=COCCC1OCC1C(F)(F)F. The summed E-state index contributed by atoms with van der Waals surface area (Å²) >= 11 is 0. The van der Waals surface area contributed by atoms with E-state index in [4.69, 9.17) is 9.47 Å². The Hall–Kier alpha value is -0.710. The summed E-state index contributed by atoms with van der Waals surface area (Å²) in [6.45, 7) is 3.77. The summed E-state index contributed by atoms with van der Waals surface area (Å²) in [7, 11) is 0. The monoisotopic (exact) mass is 224 g/mol. The van der Waals surface area contributed by atoms with Gasteiger partial charge in [0, 0.05) is 6.42 Å². The van der Waals surface area contributed by atoms with E-state index in [1.54, 1.807) is 6.26 Å². The van der Waals surface area contributed by atoms with Crippen LogP contribution in [0, 0.1) is 5.92 Å². The van der Waals surface area contributed by atoms with Gasteiger partial charge in [0.15, 0.2) is 0 Å². The van der Waals surface area contributed by atoms with Gasteiger partial charge in [-0.1, -0.05) is 0 Å². The third kappa shape index (κ3) is 3.74. The van der Waals surface area contributed by atoms with Gasteiger partial charge >= 0.3 is 6.18 Å². The molecule has 1 aliphatic heterocycles. The quantitative estimate of drug-likeness (QED) is 0.540. The molecule has 0 N–H and O–H groups in total. The molecule has 0 bridgehead atoms. The molecule has 88 valence electrons. The Labute approximate surface area is 87.1 Å². The Kier molecular flexibility index (Phi) is 4.02. The lowest BCUT2D eigenvalue weighted by Gasteiger charge is -2.37. The zero-order valence-corrected chi connectivity index (χ0v) is 8.80. The Bertz CT molecular complexity index is 231. The minimum absolute atomic E-state index is 0.211. The molecule has 5 heteroatoms. The van der Waals surface area contributed by atoms with Crippen LogP contribution >= 0.6 is 0 Å². The maximum atomic E-state index is 12.3. The smallest absolute Gasteiger partial charge is 0.396 e. The second-order valence-electron chi connectivity index (χ2n) is 3.87. The van der Waals surface area contributed by atoms with Crippen LogP contribution in [0.25, 0.3) is 0 Å². The lowest BCUT2D eigenvalue weighted by Crippen LogP contribution is -2.49. The fraction of sp³-hybridized carbons (Fsp3) is 0.800. The molecular weight excluding hydrogens is 209 g/mol. The summed E-state index contributed by atoms with van der Waals surface area (Å²) in [5.41, 5.74) is 0.983. The molecule has 15 heavy (non-hydrogen) atoms. The Morgan fingerprint density at radius 3 is 2.53 bits per heavy atom. The van der Waals surface area contributed by atoms with Crippen molar-refractivity contribution in [3.05, 3.63) is 11.8 Å². The third-order valence-electron chi connectivity index (χ3n) is 2.20. The molecule has 0 saturated carbocycles. The second kappa shape index (κ2) is 4.88. The first kappa shape index (κ1) is 12.4. The summed E-state index contributed by atoms with van der Waals surface area (Å²) in [6.07, 6.45) is -3.04. The van der Waals surface area contributed by atoms with Crippen LogP contribution in [-0.4, -0.2) is 25.5 Å². The van der Waals surface area contributed by atoms with E-state index in [-0.39, 0.29) is 19.6 Å². The summed E-state index contributed by atoms with van der Waals surface area (Å²) in [4.78, 5) is 0. The molecule has 1 aliphatic rings. The molecule has 0 aromatic carbocycles. The molecule has 2 nitrogen and oxygen atoms in total. The molecule has 0 aromatic rings. The molecule has 0 spiro atoms. The highest BCUT2D eigenvalue weighted by atomic mass is 19.4. The van der Waals surface area contributed by atoms with Gasteiger partial charge in [-0.05, 0) is 19.4 Å². The molecular formula is C10H15F3O2. The van der Waals surface area contributed by atoms with Crippen LogP contribution in [-0.2, 0) is 9.47 Å². The minimum atomic E-state index is -4.14. The number of halogens is 3. The third-order valence-corrected chi connectivity index (χ3v) is 2.20. The predicted molar refractivity (Wildman–Crippen MR) is 49.3 cm³/mol. The summed E-state index contributed by atoms with van der Waals surface area (Å²) in [6, 6.07) is 0. The molecule has 0 aromatic heterocycles. The summed E-state index contributed by atoms with van der Waals surface area (Å²) < 4.78 is 46.7. The first-order valence-electron chi connectivity index (χ1n) is 4.84. The van der Waals surface area contributed by atoms with E-state index in [0.717, 1.165) is 5.57 Å². The molecule has 0 radical (unpaired) electrons. The van der Waals surface area contributed by atoms with Gasteiger partial charge < -0.3 is 9.47 Å². The lowest BCUT2D eigenvalue weighted by atomic mass is 9.95. The van der Waals surface area contributed by atoms with E-state index >= 15 is 0 Å². The van der Waals surface area contributed by atoms with E-state index in [1.165, 1.54) is 0 Å². The van der Waals surface area contributed by atoms with E-state index in [1.807, 2.05) is 13.8 Å². The number of hydrogen-bond donors (Lipinski definition) is 0. The van der Waals surface area contributed by atoms with Gasteiger partial charge in [0.25, 0.3) is 0 Å². The van der Waals surface area contributed by atoms with Crippen LogP contribution in [0.1, 0.15) is 20.3 Å². The van der Waals surface area contributed by atoms with Crippen LogP contribution in [0.3, 0.4) is 0 Å². The standard InChI is InChI=1S/C10H15F3O2/c1-7(2)5-14-4-3-9-8(6-15-9)10(11,12)13/h5,8-9H,3-4,6H2,1-2H3. The lowest BCUT2D eigenvalue weighted by molar-refractivity contribution is -0.275. The van der Waals surface area contributed by atoms with E-state index in [2.05, 4.69) is 0 Å². The van der Waals surface area contributed by atoms with Gasteiger partial charge in [-0.3, -0.25) is 0 Å². The van der Waals surface area contributed by atoms with Gasteiger partial charge in [-0.2, -0.15) is 13.2 Å². The van der Waals surface area contributed by atoms with Crippen molar-refractivity contribution in [3.8, 4) is 0 Å². The fourth-order valence-electron chi connectivity index (χ4n) is 1.33.